The first-order chi connectivity index (χ1) is 8.69. The van der Waals surface area contributed by atoms with E-state index in [0.717, 1.165) is 26.2 Å². The van der Waals surface area contributed by atoms with Gasteiger partial charge in [-0.05, 0) is 19.2 Å². The summed E-state index contributed by atoms with van der Waals surface area (Å²) in [4.78, 5) is 18.0. The standard InChI is InChI=1S/C12H15N5O/c1-16-4-6-17(7-5-16)15-12(18)10-2-3-11(8-13)14-9-10/h2-3,9H,4-7H2,1H3,(H,15,18). The van der Waals surface area contributed by atoms with Crippen LogP contribution in [-0.4, -0.2) is 54.0 Å². The summed E-state index contributed by atoms with van der Waals surface area (Å²) in [7, 11) is 2.06. The summed E-state index contributed by atoms with van der Waals surface area (Å²) in [5.41, 5.74) is 3.61. The van der Waals surface area contributed by atoms with Gasteiger partial charge in [0.1, 0.15) is 11.8 Å². The number of hydrogen-bond donors (Lipinski definition) is 1. The number of pyridine rings is 1. The van der Waals surface area contributed by atoms with E-state index in [1.807, 2.05) is 11.1 Å². The number of hydrogen-bond acceptors (Lipinski definition) is 5. The van der Waals surface area contributed by atoms with Crippen LogP contribution in [0.2, 0.25) is 0 Å². The lowest BCUT2D eigenvalue weighted by atomic mass is 10.2. The molecular weight excluding hydrogens is 230 g/mol. The molecule has 1 aliphatic heterocycles. The fourth-order valence-electron chi connectivity index (χ4n) is 1.72. The van der Waals surface area contributed by atoms with Crippen LogP contribution in [0.3, 0.4) is 0 Å². The Bertz CT molecular complexity index is 456. The molecule has 0 unspecified atom stereocenters. The largest absolute Gasteiger partial charge is 0.304 e. The van der Waals surface area contributed by atoms with Crippen molar-refractivity contribution in [2.24, 2.45) is 0 Å². The highest BCUT2D eigenvalue weighted by molar-refractivity contribution is 5.93. The van der Waals surface area contributed by atoms with Gasteiger partial charge in [-0.15, -0.1) is 0 Å². The minimum atomic E-state index is -0.184. The molecule has 6 heteroatoms. The predicted molar refractivity (Wildman–Crippen MR) is 65.5 cm³/mol. The van der Waals surface area contributed by atoms with Crippen molar-refractivity contribution in [1.82, 2.24) is 20.3 Å². The summed E-state index contributed by atoms with van der Waals surface area (Å²) >= 11 is 0. The molecule has 2 rings (SSSR count). The molecule has 0 saturated carbocycles. The van der Waals surface area contributed by atoms with Crippen molar-refractivity contribution in [3.63, 3.8) is 0 Å². The minimum absolute atomic E-state index is 0.184. The Labute approximate surface area is 106 Å². The quantitative estimate of drug-likeness (QED) is 0.784. The van der Waals surface area contributed by atoms with E-state index >= 15 is 0 Å². The number of nitrogens with zero attached hydrogens (tertiary/aromatic N) is 4. The van der Waals surface area contributed by atoms with Gasteiger partial charge in [-0.25, -0.2) is 9.99 Å². The van der Waals surface area contributed by atoms with E-state index in [2.05, 4.69) is 22.4 Å². The molecule has 0 radical (unpaired) electrons. The molecule has 1 N–H and O–H groups in total. The van der Waals surface area contributed by atoms with E-state index in [9.17, 15) is 4.79 Å². The van der Waals surface area contributed by atoms with Crippen molar-refractivity contribution >= 4 is 5.91 Å². The van der Waals surface area contributed by atoms with Gasteiger partial charge in [-0.2, -0.15) is 5.26 Å². The summed E-state index contributed by atoms with van der Waals surface area (Å²) in [6, 6.07) is 5.07. The normalized spacial score (nSPS) is 17.1. The van der Waals surface area contributed by atoms with Crippen molar-refractivity contribution in [3.05, 3.63) is 29.6 Å². The summed E-state index contributed by atoms with van der Waals surface area (Å²) in [5.74, 6) is -0.184. The number of aromatic nitrogens is 1. The molecule has 2 heterocycles. The number of nitriles is 1. The number of likely N-dealkylation sites (N-methyl/N-ethyl adjacent to an activating group) is 1. The average molecular weight is 245 g/mol. The number of nitrogens with one attached hydrogen (secondary N) is 1. The molecule has 0 atom stereocenters. The Hall–Kier alpha value is -1.97. The van der Waals surface area contributed by atoms with Gasteiger partial charge in [0.25, 0.3) is 5.91 Å². The highest BCUT2D eigenvalue weighted by Gasteiger charge is 2.16. The molecule has 1 aromatic rings. The van der Waals surface area contributed by atoms with E-state index in [0.29, 0.717) is 11.3 Å². The minimum Gasteiger partial charge on any atom is -0.304 e. The van der Waals surface area contributed by atoms with Gasteiger partial charge < -0.3 is 4.90 Å². The number of carbonyl (C=O) groups excluding carboxylic acids is 1. The van der Waals surface area contributed by atoms with Gasteiger partial charge in [-0.1, -0.05) is 0 Å². The number of amides is 1. The summed E-state index contributed by atoms with van der Waals surface area (Å²) in [5, 5.41) is 10.5. The molecule has 18 heavy (non-hydrogen) atoms. The molecule has 6 nitrogen and oxygen atoms in total. The van der Waals surface area contributed by atoms with Gasteiger partial charge in [0, 0.05) is 32.4 Å². The third kappa shape index (κ3) is 3.03. The third-order valence-corrected chi connectivity index (χ3v) is 2.90. The van der Waals surface area contributed by atoms with Crippen LogP contribution in [0.5, 0.6) is 0 Å². The van der Waals surface area contributed by atoms with E-state index in [1.54, 1.807) is 12.1 Å². The number of rotatable bonds is 2. The van der Waals surface area contributed by atoms with Crippen LogP contribution in [0, 0.1) is 11.3 Å². The summed E-state index contributed by atoms with van der Waals surface area (Å²) < 4.78 is 0. The lowest BCUT2D eigenvalue weighted by Crippen LogP contribution is -2.52. The molecule has 1 fully saturated rings. The van der Waals surface area contributed by atoms with Crippen molar-refractivity contribution < 1.29 is 4.79 Å². The number of piperazine rings is 1. The van der Waals surface area contributed by atoms with Crippen LogP contribution in [0.1, 0.15) is 16.1 Å². The fraction of sp³-hybridized carbons (Fsp3) is 0.417. The van der Waals surface area contributed by atoms with Gasteiger partial charge in [0.2, 0.25) is 0 Å². The SMILES string of the molecule is CN1CCN(NC(=O)c2ccc(C#N)nc2)CC1. The van der Waals surface area contributed by atoms with E-state index < -0.39 is 0 Å². The molecule has 0 spiro atoms. The smallest absolute Gasteiger partial charge is 0.267 e. The Morgan fingerprint density at radius 2 is 2.11 bits per heavy atom. The second-order valence-electron chi connectivity index (χ2n) is 4.28. The molecule has 1 aliphatic rings. The summed E-state index contributed by atoms with van der Waals surface area (Å²) in [6.07, 6.45) is 1.42. The Kier molecular flexibility index (Phi) is 3.87. The van der Waals surface area contributed by atoms with Crippen molar-refractivity contribution in [3.8, 4) is 6.07 Å². The Balaban J connectivity index is 1.93. The second kappa shape index (κ2) is 5.58. The van der Waals surface area contributed by atoms with E-state index in [-0.39, 0.29) is 5.91 Å². The maximum absolute atomic E-state index is 11.9. The molecule has 0 bridgehead atoms. The predicted octanol–water partition coefficient (Wildman–Crippen LogP) is -0.155. The Morgan fingerprint density at radius 3 is 2.67 bits per heavy atom. The zero-order valence-corrected chi connectivity index (χ0v) is 10.3. The molecule has 94 valence electrons. The molecule has 0 aromatic carbocycles. The molecule has 1 saturated heterocycles. The maximum Gasteiger partial charge on any atom is 0.267 e. The number of hydrazine groups is 1. The van der Waals surface area contributed by atoms with Gasteiger partial charge in [-0.3, -0.25) is 10.2 Å². The first kappa shape index (κ1) is 12.5. The van der Waals surface area contributed by atoms with Crippen LogP contribution < -0.4 is 5.43 Å². The van der Waals surface area contributed by atoms with Gasteiger partial charge in [0.05, 0.1) is 5.56 Å². The third-order valence-electron chi connectivity index (χ3n) is 2.90. The fourth-order valence-corrected chi connectivity index (χ4v) is 1.72. The second-order valence-corrected chi connectivity index (χ2v) is 4.28. The van der Waals surface area contributed by atoms with Crippen LogP contribution in [0.25, 0.3) is 0 Å². The lowest BCUT2D eigenvalue weighted by molar-refractivity contribution is 0.0662. The highest BCUT2D eigenvalue weighted by atomic mass is 16.2. The first-order valence-electron chi connectivity index (χ1n) is 5.79. The highest BCUT2D eigenvalue weighted by Crippen LogP contribution is 2.01. The van der Waals surface area contributed by atoms with Crippen LogP contribution in [0.15, 0.2) is 18.3 Å². The molecular formula is C12H15N5O. The van der Waals surface area contributed by atoms with E-state index in [1.165, 1.54) is 6.20 Å². The van der Waals surface area contributed by atoms with Crippen LogP contribution >= 0.6 is 0 Å². The zero-order valence-electron chi connectivity index (χ0n) is 10.3. The first-order valence-corrected chi connectivity index (χ1v) is 5.79. The van der Waals surface area contributed by atoms with Gasteiger partial charge in [0.15, 0.2) is 0 Å². The van der Waals surface area contributed by atoms with Crippen molar-refractivity contribution in [1.29, 1.82) is 5.26 Å². The van der Waals surface area contributed by atoms with E-state index in [4.69, 9.17) is 5.26 Å². The number of carbonyl (C=O) groups is 1. The van der Waals surface area contributed by atoms with Gasteiger partial charge >= 0.3 is 0 Å². The zero-order chi connectivity index (χ0) is 13.0. The maximum atomic E-state index is 11.9. The lowest BCUT2D eigenvalue weighted by Gasteiger charge is -2.32. The molecule has 1 amide bonds. The Morgan fingerprint density at radius 1 is 1.39 bits per heavy atom. The average Bonchev–Trinajstić information content (AvgIpc) is 2.41. The molecule has 0 aliphatic carbocycles. The monoisotopic (exact) mass is 245 g/mol. The van der Waals surface area contributed by atoms with Crippen molar-refractivity contribution in [2.75, 3.05) is 33.2 Å². The van der Waals surface area contributed by atoms with Crippen molar-refractivity contribution in [2.45, 2.75) is 0 Å². The summed E-state index contributed by atoms with van der Waals surface area (Å²) in [6.45, 7) is 3.50. The molecule has 1 aromatic heterocycles. The van der Waals surface area contributed by atoms with Crippen LogP contribution in [0.4, 0.5) is 0 Å². The topological polar surface area (TPSA) is 72.3 Å². The van der Waals surface area contributed by atoms with Crippen LogP contribution in [-0.2, 0) is 0 Å².